The van der Waals surface area contributed by atoms with Crippen LogP contribution in [0.15, 0.2) is 16.8 Å². The van der Waals surface area contributed by atoms with E-state index in [1.54, 1.807) is 5.57 Å². The van der Waals surface area contributed by atoms with Crippen molar-refractivity contribution in [3.8, 4) is 0 Å². The minimum Gasteiger partial charge on any atom is -0.458 e. The lowest BCUT2D eigenvalue weighted by atomic mass is 9.47. The zero-order valence-electron chi connectivity index (χ0n) is 16.8. The van der Waals surface area contributed by atoms with Crippen molar-refractivity contribution in [1.82, 2.24) is 0 Å². The first kappa shape index (κ1) is 16.5. The highest BCUT2D eigenvalue weighted by atomic mass is 16.6. The van der Waals surface area contributed by atoms with E-state index in [1.807, 2.05) is 0 Å². The Morgan fingerprint density at radius 2 is 1.96 bits per heavy atom. The van der Waals surface area contributed by atoms with Gasteiger partial charge in [0.2, 0.25) is 0 Å². The summed E-state index contributed by atoms with van der Waals surface area (Å²) in [5.41, 5.74) is 3.03. The number of hydrogen-bond donors (Lipinski definition) is 1. The van der Waals surface area contributed by atoms with Crippen LogP contribution < -0.4 is 0 Å². The fourth-order valence-corrected chi connectivity index (χ4v) is 9.58. The lowest BCUT2D eigenvalue weighted by Gasteiger charge is -2.58. The van der Waals surface area contributed by atoms with Crippen molar-refractivity contribution < 1.29 is 14.7 Å². The zero-order valence-corrected chi connectivity index (χ0v) is 16.8. The standard InChI is InChI=1S/C24H31NO3/c1-22-6-4-14-15-3-2-13(25-27)10-18(15)23(8-9-23)12-17(14)21(22)16-11-19(16)24(22)7-5-20(26)28-24/h10,14-17,19,21,27H,2-9,11-12H2,1H3/b25-13+/t14?,15-,16+,17?,19-,21?,22+,24+/m1/s1. The molecule has 2 spiro atoms. The molecule has 8 atom stereocenters. The van der Waals surface area contributed by atoms with Crippen molar-refractivity contribution in [2.24, 2.45) is 51.5 Å². The number of rotatable bonds is 0. The van der Waals surface area contributed by atoms with E-state index in [9.17, 15) is 10.0 Å². The molecule has 7 aliphatic rings. The second-order valence-corrected chi connectivity index (χ2v) is 11.5. The summed E-state index contributed by atoms with van der Waals surface area (Å²) in [7, 11) is 0. The molecule has 28 heavy (non-hydrogen) atoms. The molecule has 0 radical (unpaired) electrons. The summed E-state index contributed by atoms with van der Waals surface area (Å²) < 4.78 is 6.22. The second-order valence-electron chi connectivity index (χ2n) is 11.5. The molecule has 0 amide bonds. The molecule has 1 aliphatic heterocycles. The molecule has 0 aromatic heterocycles. The second kappa shape index (κ2) is 4.87. The average Bonchev–Trinajstić information content (AvgIpc) is 3.60. The summed E-state index contributed by atoms with van der Waals surface area (Å²) >= 11 is 0. The van der Waals surface area contributed by atoms with Crippen molar-refractivity contribution in [1.29, 1.82) is 0 Å². The minimum atomic E-state index is -0.125. The number of oxime groups is 1. The molecular formula is C24H31NO3. The van der Waals surface area contributed by atoms with E-state index in [2.05, 4.69) is 18.2 Å². The summed E-state index contributed by atoms with van der Waals surface area (Å²) in [5, 5.41) is 12.9. The summed E-state index contributed by atoms with van der Waals surface area (Å²) in [6.45, 7) is 2.50. The van der Waals surface area contributed by atoms with E-state index in [0.717, 1.165) is 42.2 Å². The lowest BCUT2D eigenvalue weighted by molar-refractivity contribution is -0.175. The van der Waals surface area contributed by atoms with Crippen molar-refractivity contribution in [2.75, 3.05) is 0 Å². The predicted octanol–water partition coefficient (Wildman–Crippen LogP) is 4.71. The van der Waals surface area contributed by atoms with Crippen LogP contribution in [0.4, 0.5) is 0 Å². The van der Waals surface area contributed by atoms with Gasteiger partial charge in [0, 0.05) is 17.8 Å². The molecule has 1 saturated heterocycles. The van der Waals surface area contributed by atoms with Crippen LogP contribution in [0.3, 0.4) is 0 Å². The molecule has 6 fully saturated rings. The first-order chi connectivity index (χ1) is 13.5. The molecule has 0 aromatic rings. The maximum atomic E-state index is 12.2. The Balaban J connectivity index is 1.30. The quantitative estimate of drug-likeness (QED) is 0.375. The summed E-state index contributed by atoms with van der Waals surface area (Å²) in [6, 6.07) is 0. The Hall–Kier alpha value is -1.32. The molecule has 4 nitrogen and oxygen atoms in total. The number of nitrogens with zero attached hydrogens (tertiary/aromatic N) is 1. The lowest BCUT2D eigenvalue weighted by Crippen LogP contribution is -2.56. The van der Waals surface area contributed by atoms with Gasteiger partial charge in [0.1, 0.15) is 5.60 Å². The van der Waals surface area contributed by atoms with Crippen LogP contribution in [0.5, 0.6) is 0 Å². The number of hydrogen-bond acceptors (Lipinski definition) is 4. The molecule has 0 aromatic carbocycles. The van der Waals surface area contributed by atoms with Crippen molar-refractivity contribution in [3.05, 3.63) is 11.6 Å². The van der Waals surface area contributed by atoms with Gasteiger partial charge in [-0.25, -0.2) is 0 Å². The Morgan fingerprint density at radius 3 is 2.68 bits per heavy atom. The SMILES string of the molecule is C[C@]12CCC3C(CC4(CC4)C4=C/C(=N/O)CC[C@@H]43)C1[C@H]1C[C@H]1[C@@]21CCC(=O)O1. The predicted molar refractivity (Wildman–Crippen MR) is 104 cm³/mol. The van der Waals surface area contributed by atoms with Crippen LogP contribution in [0.1, 0.15) is 71.1 Å². The van der Waals surface area contributed by atoms with Gasteiger partial charge in [0.15, 0.2) is 0 Å². The normalized spacial score (nSPS) is 56.0. The Bertz CT molecular complexity index is 841. The number of carbonyl (C=O) groups is 1. The molecule has 5 saturated carbocycles. The van der Waals surface area contributed by atoms with Crippen LogP contribution in [-0.2, 0) is 9.53 Å². The topological polar surface area (TPSA) is 58.9 Å². The highest BCUT2D eigenvalue weighted by molar-refractivity contribution is 5.96. The van der Waals surface area contributed by atoms with Crippen molar-refractivity contribution in [2.45, 2.75) is 76.7 Å². The number of ether oxygens (including phenoxy) is 1. The first-order valence-corrected chi connectivity index (χ1v) is 11.7. The van der Waals surface area contributed by atoms with Crippen LogP contribution >= 0.6 is 0 Å². The van der Waals surface area contributed by atoms with E-state index >= 15 is 0 Å². The van der Waals surface area contributed by atoms with Gasteiger partial charge in [0.25, 0.3) is 0 Å². The molecule has 7 rings (SSSR count). The summed E-state index contributed by atoms with van der Waals surface area (Å²) in [4.78, 5) is 12.2. The van der Waals surface area contributed by atoms with Gasteiger partial charge in [-0.15, -0.1) is 0 Å². The van der Waals surface area contributed by atoms with E-state index in [4.69, 9.17) is 4.74 Å². The van der Waals surface area contributed by atoms with Gasteiger partial charge in [0.05, 0.1) is 5.71 Å². The van der Waals surface area contributed by atoms with Gasteiger partial charge in [-0.3, -0.25) is 4.79 Å². The third-order valence-corrected chi connectivity index (χ3v) is 10.8. The molecular weight excluding hydrogens is 350 g/mol. The third-order valence-electron chi connectivity index (χ3n) is 10.8. The number of carbonyl (C=O) groups excluding carboxylic acids is 1. The van der Waals surface area contributed by atoms with Gasteiger partial charge < -0.3 is 9.94 Å². The smallest absolute Gasteiger partial charge is 0.306 e. The number of allylic oxidation sites excluding steroid dienone is 2. The van der Waals surface area contributed by atoms with Crippen LogP contribution in [0, 0.1) is 46.3 Å². The highest BCUT2D eigenvalue weighted by Gasteiger charge is 2.79. The van der Waals surface area contributed by atoms with Gasteiger partial charge in [-0.2, -0.15) is 0 Å². The molecule has 150 valence electrons. The van der Waals surface area contributed by atoms with E-state index < -0.39 is 0 Å². The largest absolute Gasteiger partial charge is 0.458 e. The van der Waals surface area contributed by atoms with Crippen LogP contribution in [0.2, 0.25) is 0 Å². The fraction of sp³-hybridized carbons (Fsp3) is 0.833. The van der Waals surface area contributed by atoms with Crippen molar-refractivity contribution >= 4 is 11.7 Å². The first-order valence-electron chi connectivity index (χ1n) is 11.7. The third kappa shape index (κ3) is 1.72. The average molecular weight is 382 g/mol. The fourth-order valence-electron chi connectivity index (χ4n) is 9.58. The van der Waals surface area contributed by atoms with Crippen LogP contribution in [0.25, 0.3) is 0 Å². The van der Waals surface area contributed by atoms with E-state index in [1.165, 1.54) is 44.9 Å². The maximum Gasteiger partial charge on any atom is 0.306 e. The molecule has 4 heteroatoms. The maximum absolute atomic E-state index is 12.2. The zero-order chi connectivity index (χ0) is 18.9. The Labute approximate surface area is 166 Å². The molecule has 1 heterocycles. The molecule has 6 aliphatic carbocycles. The number of fused-ring (bicyclic) bond motifs is 10. The Morgan fingerprint density at radius 1 is 1.11 bits per heavy atom. The molecule has 0 bridgehead atoms. The Kier molecular flexibility index (Phi) is 2.86. The highest BCUT2D eigenvalue weighted by Crippen LogP contribution is 2.80. The summed E-state index contributed by atoms with van der Waals surface area (Å²) in [6.07, 6.45) is 13.8. The summed E-state index contributed by atoms with van der Waals surface area (Å²) in [5.74, 6) is 4.59. The van der Waals surface area contributed by atoms with Crippen molar-refractivity contribution in [3.63, 3.8) is 0 Å². The number of esters is 1. The molecule has 1 N–H and O–H groups in total. The molecule has 3 unspecified atom stereocenters. The van der Waals surface area contributed by atoms with Gasteiger partial charge in [-0.05, 0) is 98.9 Å². The monoisotopic (exact) mass is 381 g/mol. The minimum absolute atomic E-state index is 0.0604. The van der Waals surface area contributed by atoms with Crippen LogP contribution in [-0.4, -0.2) is 22.5 Å². The van der Waals surface area contributed by atoms with Gasteiger partial charge in [-0.1, -0.05) is 17.7 Å². The van der Waals surface area contributed by atoms with E-state index in [-0.39, 0.29) is 17.0 Å². The van der Waals surface area contributed by atoms with E-state index in [0.29, 0.717) is 23.7 Å². The van der Waals surface area contributed by atoms with Gasteiger partial charge >= 0.3 is 5.97 Å².